The van der Waals surface area contributed by atoms with E-state index in [4.69, 9.17) is 4.74 Å². The lowest BCUT2D eigenvalue weighted by Crippen LogP contribution is -2.21. The van der Waals surface area contributed by atoms with E-state index in [1.54, 1.807) is 29.2 Å². The summed E-state index contributed by atoms with van der Waals surface area (Å²) in [6.07, 6.45) is 1.97. The van der Waals surface area contributed by atoms with Crippen LogP contribution in [-0.4, -0.2) is 25.6 Å². The predicted molar refractivity (Wildman–Crippen MR) is 97.7 cm³/mol. The number of carbonyl (C=O) groups is 1. The topological polar surface area (TPSA) is 41.6 Å². The lowest BCUT2D eigenvalue weighted by molar-refractivity contribution is -0.115. The number of ether oxygens (including phenoxy) is 1. The standard InChI is InChI=1S/C20H22F2N2O2/c1-2-26-16-7-5-14(6-8-16)11-19(25)23-15-12-17(21)20(18(22)13-15)24-9-3-4-10-24/h5-8,12-13H,2-4,9-11H2,1H3,(H,23,25). The van der Waals surface area contributed by atoms with E-state index in [1.807, 2.05) is 6.92 Å². The molecular formula is C20H22F2N2O2. The number of nitrogens with one attached hydrogen (secondary N) is 1. The van der Waals surface area contributed by atoms with Crippen LogP contribution in [0.1, 0.15) is 25.3 Å². The van der Waals surface area contributed by atoms with Crippen LogP contribution in [-0.2, 0) is 11.2 Å². The second-order valence-electron chi connectivity index (χ2n) is 6.28. The first-order valence-electron chi connectivity index (χ1n) is 8.82. The predicted octanol–water partition coefficient (Wildman–Crippen LogP) is 4.14. The molecular weight excluding hydrogens is 338 g/mol. The van der Waals surface area contributed by atoms with Gasteiger partial charge in [0.25, 0.3) is 0 Å². The zero-order valence-corrected chi connectivity index (χ0v) is 14.7. The lowest BCUT2D eigenvalue weighted by Gasteiger charge is -2.19. The minimum Gasteiger partial charge on any atom is -0.494 e. The summed E-state index contributed by atoms with van der Waals surface area (Å²) in [6.45, 7) is 3.77. The van der Waals surface area contributed by atoms with Crippen molar-refractivity contribution in [2.45, 2.75) is 26.2 Å². The summed E-state index contributed by atoms with van der Waals surface area (Å²) in [5.41, 5.74) is 0.909. The van der Waals surface area contributed by atoms with Crippen molar-refractivity contribution in [3.05, 3.63) is 53.6 Å². The van der Waals surface area contributed by atoms with Gasteiger partial charge in [0.05, 0.1) is 13.0 Å². The van der Waals surface area contributed by atoms with E-state index in [9.17, 15) is 13.6 Å². The fourth-order valence-corrected chi connectivity index (χ4v) is 3.14. The molecule has 1 saturated heterocycles. The van der Waals surface area contributed by atoms with E-state index in [1.165, 1.54) is 12.1 Å². The molecule has 3 rings (SSSR count). The molecule has 1 fully saturated rings. The first-order valence-corrected chi connectivity index (χ1v) is 8.82. The van der Waals surface area contributed by atoms with Gasteiger partial charge in [-0.15, -0.1) is 0 Å². The molecule has 6 heteroatoms. The Labute approximate surface area is 151 Å². The molecule has 2 aromatic rings. The van der Waals surface area contributed by atoms with Crippen LogP contribution in [0.3, 0.4) is 0 Å². The van der Waals surface area contributed by atoms with Crippen molar-refractivity contribution in [3.63, 3.8) is 0 Å². The highest BCUT2D eigenvalue weighted by atomic mass is 19.1. The van der Waals surface area contributed by atoms with Crippen LogP contribution >= 0.6 is 0 Å². The van der Waals surface area contributed by atoms with Gasteiger partial charge in [-0.05, 0) is 49.6 Å². The highest BCUT2D eigenvalue weighted by Crippen LogP contribution is 2.29. The summed E-state index contributed by atoms with van der Waals surface area (Å²) in [7, 11) is 0. The van der Waals surface area contributed by atoms with Gasteiger partial charge < -0.3 is 15.0 Å². The van der Waals surface area contributed by atoms with Crippen molar-refractivity contribution >= 4 is 17.3 Å². The molecule has 26 heavy (non-hydrogen) atoms. The zero-order chi connectivity index (χ0) is 18.5. The summed E-state index contributed by atoms with van der Waals surface area (Å²) >= 11 is 0. The van der Waals surface area contributed by atoms with Crippen LogP contribution in [0.2, 0.25) is 0 Å². The molecule has 0 radical (unpaired) electrons. The second-order valence-corrected chi connectivity index (χ2v) is 6.28. The van der Waals surface area contributed by atoms with Crippen molar-refractivity contribution in [2.24, 2.45) is 0 Å². The molecule has 4 nitrogen and oxygen atoms in total. The Kier molecular flexibility index (Phi) is 5.71. The minimum atomic E-state index is -0.650. The third-order valence-corrected chi connectivity index (χ3v) is 4.32. The van der Waals surface area contributed by atoms with Gasteiger partial charge in [-0.2, -0.15) is 0 Å². The maximum absolute atomic E-state index is 14.3. The fourth-order valence-electron chi connectivity index (χ4n) is 3.14. The number of rotatable bonds is 6. The van der Waals surface area contributed by atoms with Gasteiger partial charge >= 0.3 is 0 Å². The Hall–Kier alpha value is -2.63. The van der Waals surface area contributed by atoms with Crippen molar-refractivity contribution in [3.8, 4) is 5.75 Å². The molecule has 1 aliphatic heterocycles. The Morgan fingerprint density at radius 2 is 1.73 bits per heavy atom. The average Bonchev–Trinajstić information content (AvgIpc) is 3.10. The Morgan fingerprint density at radius 1 is 1.12 bits per heavy atom. The maximum atomic E-state index is 14.3. The molecule has 1 N–H and O–H groups in total. The van der Waals surface area contributed by atoms with Crippen molar-refractivity contribution in [1.82, 2.24) is 0 Å². The van der Waals surface area contributed by atoms with E-state index in [0.717, 1.165) is 24.2 Å². The molecule has 0 bridgehead atoms. The number of hydrogen-bond donors (Lipinski definition) is 1. The van der Waals surface area contributed by atoms with Crippen LogP contribution in [0.5, 0.6) is 5.75 Å². The van der Waals surface area contributed by atoms with Crippen molar-refractivity contribution in [2.75, 3.05) is 29.9 Å². The third-order valence-electron chi connectivity index (χ3n) is 4.32. The van der Waals surface area contributed by atoms with Crippen LogP contribution in [0.15, 0.2) is 36.4 Å². The van der Waals surface area contributed by atoms with Crippen molar-refractivity contribution < 1.29 is 18.3 Å². The van der Waals surface area contributed by atoms with Gasteiger partial charge in [-0.1, -0.05) is 12.1 Å². The number of halogens is 2. The van der Waals surface area contributed by atoms with E-state index < -0.39 is 11.6 Å². The van der Waals surface area contributed by atoms with Gasteiger partial charge in [0.2, 0.25) is 5.91 Å². The first-order chi connectivity index (χ1) is 12.6. The van der Waals surface area contributed by atoms with Gasteiger partial charge in [-0.25, -0.2) is 8.78 Å². The van der Waals surface area contributed by atoms with Gasteiger partial charge in [0, 0.05) is 18.8 Å². The number of benzene rings is 2. The summed E-state index contributed by atoms with van der Waals surface area (Å²) in [5.74, 6) is -0.897. The molecule has 0 aliphatic carbocycles. The van der Waals surface area contributed by atoms with Gasteiger partial charge in [0.1, 0.15) is 11.4 Å². The average molecular weight is 360 g/mol. The Bertz CT molecular complexity index is 749. The molecule has 0 saturated carbocycles. The van der Waals surface area contributed by atoms with E-state index in [-0.39, 0.29) is 23.7 Å². The second kappa shape index (κ2) is 8.17. The molecule has 1 amide bonds. The number of amides is 1. The van der Waals surface area contributed by atoms with Crippen molar-refractivity contribution in [1.29, 1.82) is 0 Å². The maximum Gasteiger partial charge on any atom is 0.228 e. The van der Waals surface area contributed by atoms with E-state index in [0.29, 0.717) is 19.7 Å². The molecule has 1 heterocycles. The number of carbonyl (C=O) groups excluding carboxylic acids is 1. The van der Waals surface area contributed by atoms with E-state index >= 15 is 0 Å². The minimum absolute atomic E-state index is 0.00740. The smallest absolute Gasteiger partial charge is 0.228 e. The number of hydrogen-bond acceptors (Lipinski definition) is 3. The highest BCUT2D eigenvalue weighted by molar-refractivity contribution is 5.92. The monoisotopic (exact) mass is 360 g/mol. The summed E-state index contributed by atoms with van der Waals surface area (Å²) in [4.78, 5) is 13.9. The molecule has 2 aromatic carbocycles. The molecule has 0 aromatic heterocycles. The summed E-state index contributed by atoms with van der Waals surface area (Å²) in [6, 6.07) is 9.51. The number of nitrogens with zero attached hydrogens (tertiary/aromatic N) is 1. The molecule has 138 valence electrons. The van der Waals surface area contributed by atoms with E-state index in [2.05, 4.69) is 5.32 Å². The largest absolute Gasteiger partial charge is 0.494 e. The lowest BCUT2D eigenvalue weighted by atomic mass is 10.1. The molecule has 0 spiro atoms. The normalized spacial score (nSPS) is 13.7. The van der Waals surface area contributed by atoms with Crippen LogP contribution in [0, 0.1) is 11.6 Å². The zero-order valence-electron chi connectivity index (χ0n) is 14.7. The van der Waals surface area contributed by atoms with Crippen LogP contribution in [0.4, 0.5) is 20.2 Å². The highest BCUT2D eigenvalue weighted by Gasteiger charge is 2.21. The fraction of sp³-hybridized carbons (Fsp3) is 0.350. The summed E-state index contributed by atoms with van der Waals surface area (Å²) < 4.78 is 34.0. The molecule has 0 atom stereocenters. The van der Waals surface area contributed by atoms with Gasteiger partial charge in [-0.3, -0.25) is 4.79 Å². The first kappa shape index (κ1) is 18.2. The molecule has 0 unspecified atom stereocenters. The molecule has 1 aliphatic rings. The van der Waals surface area contributed by atoms with Crippen LogP contribution in [0.25, 0.3) is 0 Å². The Balaban J connectivity index is 1.65. The SMILES string of the molecule is CCOc1ccc(CC(=O)Nc2cc(F)c(N3CCCC3)c(F)c2)cc1. The van der Waals surface area contributed by atoms with Crippen LogP contribution < -0.4 is 15.0 Å². The Morgan fingerprint density at radius 3 is 2.31 bits per heavy atom. The summed E-state index contributed by atoms with van der Waals surface area (Å²) in [5, 5.41) is 2.56. The third kappa shape index (κ3) is 4.31. The van der Waals surface area contributed by atoms with Gasteiger partial charge in [0.15, 0.2) is 11.6 Å². The number of anilines is 2. The quantitative estimate of drug-likeness (QED) is 0.842.